The van der Waals surface area contributed by atoms with Crippen molar-refractivity contribution in [1.29, 1.82) is 0 Å². The van der Waals surface area contributed by atoms with E-state index >= 15 is 0 Å². The normalized spacial score (nSPS) is 18.8. The van der Waals surface area contributed by atoms with Gasteiger partial charge in [0.15, 0.2) is 0 Å². The third-order valence-electron chi connectivity index (χ3n) is 6.83. The van der Waals surface area contributed by atoms with E-state index in [4.69, 9.17) is 4.74 Å². The number of rotatable bonds is 6. The van der Waals surface area contributed by atoms with Crippen molar-refractivity contribution in [2.45, 2.75) is 56.5 Å². The summed E-state index contributed by atoms with van der Waals surface area (Å²) in [5, 5.41) is 10.2. The van der Waals surface area contributed by atoms with Gasteiger partial charge in [0.05, 0.1) is 29.7 Å². The highest BCUT2D eigenvalue weighted by Gasteiger charge is 2.44. The summed E-state index contributed by atoms with van der Waals surface area (Å²) < 4.78 is 35.3. The van der Waals surface area contributed by atoms with Crippen molar-refractivity contribution in [3.63, 3.8) is 0 Å². The number of carbonyl (C=O) groups is 1. The van der Waals surface area contributed by atoms with E-state index in [9.17, 15) is 18.3 Å². The van der Waals surface area contributed by atoms with Crippen LogP contribution in [0.4, 0.5) is 0 Å². The Hall–Kier alpha value is -3.42. The second-order valence-corrected chi connectivity index (χ2v) is 12.3. The summed E-state index contributed by atoms with van der Waals surface area (Å²) in [5.41, 5.74) is 3.27. The van der Waals surface area contributed by atoms with Crippen LogP contribution in [0.25, 0.3) is 0 Å². The summed E-state index contributed by atoms with van der Waals surface area (Å²) in [6.45, 7) is 8.18. The van der Waals surface area contributed by atoms with Gasteiger partial charge in [0.1, 0.15) is 5.75 Å². The van der Waals surface area contributed by atoms with Gasteiger partial charge in [-0.25, -0.2) is 13.2 Å². The predicted molar refractivity (Wildman–Crippen MR) is 144 cm³/mol. The first kappa shape index (κ1) is 26.6. The Bertz CT molecular complexity index is 1420. The molecule has 0 unspecified atom stereocenters. The van der Waals surface area contributed by atoms with Crippen LogP contribution >= 0.6 is 0 Å². The van der Waals surface area contributed by atoms with Crippen LogP contribution in [0.5, 0.6) is 5.75 Å². The molecular formula is C30H33NO5S. The van der Waals surface area contributed by atoms with E-state index < -0.39 is 28.1 Å². The van der Waals surface area contributed by atoms with E-state index in [1.807, 2.05) is 49.4 Å². The zero-order valence-electron chi connectivity index (χ0n) is 21.8. The van der Waals surface area contributed by atoms with E-state index in [0.717, 1.165) is 16.7 Å². The molecule has 4 rings (SSSR count). The molecule has 0 aromatic heterocycles. The molecule has 0 amide bonds. The molecule has 1 aliphatic rings. The molecule has 194 valence electrons. The van der Waals surface area contributed by atoms with Crippen LogP contribution in [-0.2, 0) is 20.2 Å². The van der Waals surface area contributed by atoms with Gasteiger partial charge in [-0.05, 0) is 59.7 Å². The van der Waals surface area contributed by atoms with Gasteiger partial charge in [0.2, 0.25) is 10.0 Å². The van der Waals surface area contributed by atoms with Crippen LogP contribution in [0.15, 0.2) is 89.3 Å². The maximum absolute atomic E-state index is 14.3. The minimum Gasteiger partial charge on any atom is -0.497 e. The Morgan fingerprint density at radius 2 is 1.62 bits per heavy atom. The summed E-state index contributed by atoms with van der Waals surface area (Å²) in [6, 6.07) is 19.9. The molecule has 6 nitrogen and oxygen atoms in total. The second kappa shape index (κ2) is 10.1. The summed E-state index contributed by atoms with van der Waals surface area (Å²) in [7, 11) is -2.55. The number of hydrogen-bond donors (Lipinski definition) is 1. The Balaban J connectivity index is 1.95. The summed E-state index contributed by atoms with van der Waals surface area (Å²) in [5.74, 6) is -0.539. The molecule has 3 aromatic rings. The van der Waals surface area contributed by atoms with Crippen molar-refractivity contribution in [2.75, 3.05) is 7.11 Å². The first-order valence-corrected chi connectivity index (χ1v) is 13.7. The third-order valence-corrected chi connectivity index (χ3v) is 8.72. The lowest BCUT2D eigenvalue weighted by atomic mass is 9.84. The Kier molecular flexibility index (Phi) is 7.31. The molecule has 0 saturated carbocycles. The highest BCUT2D eigenvalue weighted by molar-refractivity contribution is 7.89. The number of nitrogens with zero attached hydrogens (tertiary/aromatic N) is 1. The number of aliphatic carboxylic acids is 1. The van der Waals surface area contributed by atoms with Crippen molar-refractivity contribution in [1.82, 2.24) is 4.31 Å². The Morgan fingerprint density at radius 3 is 2.19 bits per heavy atom. The van der Waals surface area contributed by atoms with E-state index in [1.165, 1.54) is 4.31 Å². The maximum Gasteiger partial charge on any atom is 0.333 e. The predicted octanol–water partition coefficient (Wildman–Crippen LogP) is 6.19. The highest BCUT2D eigenvalue weighted by atomic mass is 32.2. The average molecular weight is 520 g/mol. The summed E-state index contributed by atoms with van der Waals surface area (Å²) in [6.07, 6.45) is 1.87. The number of aryl methyl sites for hydroxylation is 1. The number of ether oxygens (including phenoxy) is 1. The minimum atomic E-state index is -4.11. The van der Waals surface area contributed by atoms with Gasteiger partial charge in [0.25, 0.3) is 0 Å². The molecule has 7 heteroatoms. The molecule has 1 N–H and O–H groups in total. The SMILES string of the molecule is COc1cccc([C@@H]2CC=C(C(=O)O)[C@H](c3ccc(C(C)(C)C)cc3)N2S(=O)(=O)c2ccc(C)cc2)c1. The van der Waals surface area contributed by atoms with Crippen molar-refractivity contribution in [3.05, 3.63) is 107 Å². The largest absolute Gasteiger partial charge is 0.497 e. The van der Waals surface area contributed by atoms with Crippen molar-refractivity contribution in [2.24, 2.45) is 0 Å². The quantitative estimate of drug-likeness (QED) is 0.420. The van der Waals surface area contributed by atoms with E-state index in [1.54, 1.807) is 43.5 Å². The number of carboxylic acid groups (broad SMARTS) is 1. The fraction of sp³-hybridized carbons (Fsp3) is 0.300. The molecule has 2 atom stereocenters. The maximum atomic E-state index is 14.3. The van der Waals surface area contributed by atoms with Crippen LogP contribution in [0.3, 0.4) is 0 Å². The molecule has 1 aliphatic heterocycles. The van der Waals surface area contributed by atoms with Crippen LogP contribution in [0, 0.1) is 6.92 Å². The molecule has 0 radical (unpaired) electrons. The lowest BCUT2D eigenvalue weighted by Gasteiger charge is -2.41. The zero-order chi connectivity index (χ0) is 27.0. The average Bonchev–Trinajstić information content (AvgIpc) is 2.87. The van der Waals surface area contributed by atoms with Gasteiger partial charge in [-0.3, -0.25) is 0 Å². The number of benzene rings is 3. The van der Waals surface area contributed by atoms with Gasteiger partial charge >= 0.3 is 5.97 Å². The van der Waals surface area contributed by atoms with Crippen LogP contribution in [0.1, 0.15) is 61.5 Å². The van der Waals surface area contributed by atoms with Gasteiger partial charge in [-0.2, -0.15) is 4.31 Å². The standard InChI is InChI=1S/C30H33NO5S/c1-20-9-15-25(16-10-20)37(34,35)31-27(22-7-6-8-24(19-22)36-5)18-17-26(29(32)33)28(31)21-11-13-23(14-12-21)30(2,3)4/h6-17,19,27-28H,18H2,1-5H3,(H,32,33)/t27-,28-/m0/s1. The van der Waals surface area contributed by atoms with Gasteiger partial charge < -0.3 is 9.84 Å². The lowest BCUT2D eigenvalue weighted by molar-refractivity contribution is -0.133. The van der Waals surface area contributed by atoms with Crippen LogP contribution in [0.2, 0.25) is 0 Å². The van der Waals surface area contributed by atoms with Crippen molar-refractivity contribution < 1.29 is 23.1 Å². The number of carboxylic acids is 1. The minimum absolute atomic E-state index is 0.0401. The molecule has 0 spiro atoms. The van der Waals surface area contributed by atoms with E-state index in [0.29, 0.717) is 11.3 Å². The first-order chi connectivity index (χ1) is 17.4. The number of methoxy groups -OCH3 is 1. The monoisotopic (exact) mass is 519 g/mol. The third kappa shape index (κ3) is 5.33. The highest BCUT2D eigenvalue weighted by Crippen LogP contribution is 2.46. The summed E-state index contributed by atoms with van der Waals surface area (Å²) in [4.78, 5) is 12.6. The summed E-state index contributed by atoms with van der Waals surface area (Å²) >= 11 is 0. The molecular weight excluding hydrogens is 486 g/mol. The second-order valence-electron chi connectivity index (χ2n) is 10.4. The molecule has 1 heterocycles. The number of sulfonamides is 1. The smallest absolute Gasteiger partial charge is 0.333 e. The molecule has 37 heavy (non-hydrogen) atoms. The van der Waals surface area contributed by atoms with Gasteiger partial charge in [0, 0.05) is 0 Å². The topological polar surface area (TPSA) is 83.9 Å². The molecule has 0 fully saturated rings. The van der Waals surface area contributed by atoms with E-state index in [-0.39, 0.29) is 22.3 Å². The Labute approximate surface area is 219 Å². The van der Waals surface area contributed by atoms with Crippen molar-refractivity contribution in [3.8, 4) is 5.75 Å². The lowest BCUT2D eigenvalue weighted by Crippen LogP contribution is -2.42. The van der Waals surface area contributed by atoms with Gasteiger partial charge in [-0.1, -0.05) is 80.9 Å². The molecule has 0 aliphatic carbocycles. The molecule has 0 bridgehead atoms. The molecule has 3 aromatic carbocycles. The first-order valence-electron chi connectivity index (χ1n) is 12.2. The van der Waals surface area contributed by atoms with Crippen LogP contribution in [-0.4, -0.2) is 30.9 Å². The number of hydrogen-bond acceptors (Lipinski definition) is 4. The van der Waals surface area contributed by atoms with Gasteiger partial charge in [-0.15, -0.1) is 0 Å². The van der Waals surface area contributed by atoms with Crippen molar-refractivity contribution >= 4 is 16.0 Å². The van der Waals surface area contributed by atoms with E-state index in [2.05, 4.69) is 20.8 Å². The molecule has 0 saturated heterocycles. The van der Waals surface area contributed by atoms with Crippen LogP contribution < -0.4 is 4.74 Å². The Morgan fingerprint density at radius 1 is 0.973 bits per heavy atom. The zero-order valence-corrected chi connectivity index (χ0v) is 22.6. The fourth-order valence-corrected chi connectivity index (χ4v) is 6.52. The fourth-order valence-electron chi connectivity index (χ4n) is 4.74.